The zero-order valence-electron chi connectivity index (χ0n) is 18.2. The van der Waals surface area contributed by atoms with Gasteiger partial charge in [0.15, 0.2) is 5.11 Å². The third-order valence-electron chi connectivity index (χ3n) is 5.29. The van der Waals surface area contributed by atoms with Gasteiger partial charge in [0.25, 0.3) is 0 Å². The van der Waals surface area contributed by atoms with Gasteiger partial charge in [0.2, 0.25) is 0 Å². The minimum atomic E-state index is 0.622. The van der Waals surface area contributed by atoms with Gasteiger partial charge < -0.3 is 20.9 Å². The zero-order valence-corrected chi connectivity index (χ0v) is 19.7. The Bertz CT molecular complexity index is 1260. The molecule has 0 aliphatic rings. The largest absolute Gasteiger partial charge is 0.384 e. The number of hydrogen-bond donors (Lipinski definition) is 3. The molecule has 0 amide bonds. The van der Waals surface area contributed by atoms with E-state index in [9.17, 15) is 0 Å². The van der Waals surface area contributed by atoms with E-state index >= 15 is 0 Å². The van der Waals surface area contributed by atoms with Crippen LogP contribution in [0, 0.1) is 0 Å². The molecule has 4 rings (SSSR count). The Hall–Kier alpha value is -3.09. The van der Waals surface area contributed by atoms with Gasteiger partial charge in [0, 0.05) is 71.6 Å². The maximum absolute atomic E-state index is 6.07. The number of halogens is 1. The highest BCUT2D eigenvalue weighted by Crippen LogP contribution is 2.31. The van der Waals surface area contributed by atoms with E-state index in [0.29, 0.717) is 10.1 Å². The van der Waals surface area contributed by atoms with Gasteiger partial charge in [-0.05, 0) is 55.0 Å². The van der Waals surface area contributed by atoms with Crippen molar-refractivity contribution in [3.05, 3.63) is 71.9 Å². The van der Waals surface area contributed by atoms with Crippen molar-refractivity contribution in [3.63, 3.8) is 0 Å². The standard InChI is InChI=1S/C25H26ClN5S/c1-31(2)24-11-10-22(18-6-3-4-7-19(18)24)30-25(32)29-14-5-13-27-21-12-15-28-23-16-17(26)8-9-20(21)23/h3-4,6-12,15-16H,5,13-14H2,1-2H3,(H,27,28)(H2,29,30,32). The number of anilines is 3. The normalized spacial score (nSPS) is 10.8. The average Bonchev–Trinajstić information content (AvgIpc) is 2.78. The van der Waals surface area contributed by atoms with Crippen LogP contribution >= 0.6 is 23.8 Å². The van der Waals surface area contributed by atoms with Crippen molar-refractivity contribution in [2.24, 2.45) is 0 Å². The minimum Gasteiger partial charge on any atom is -0.384 e. The van der Waals surface area contributed by atoms with Crippen molar-refractivity contribution in [2.45, 2.75) is 6.42 Å². The molecule has 164 valence electrons. The highest BCUT2D eigenvalue weighted by molar-refractivity contribution is 7.80. The van der Waals surface area contributed by atoms with Gasteiger partial charge >= 0.3 is 0 Å². The molecule has 1 aromatic heterocycles. The second kappa shape index (κ2) is 10.0. The average molecular weight is 464 g/mol. The summed E-state index contributed by atoms with van der Waals surface area (Å²) in [4.78, 5) is 6.50. The molecule has 3 aromatic carbocycles. The highest BCUT2D eigenvalue weighted by Gasteiger charge is 2.08. The van der Waals surface area contributed by atoms with Crippen LogP contribution in [0.3, 0.4) is 0 Å². The molecule has 0 saturated carbocycles. The molecule has 0 aliphatic heterocycles. The Morgan fingerprint density at radius 1 is 0.938 bits per heavy atom. The number of pyridine rings is 1. The van der Waals surface area contributed by atoms with Gasteiger partial charge in [-0.3, -0.25) is 4.98 Å². The predicted molar refractivity (Wildman–Crippen MR) is 142 cm³/mol. The van der Waals surface area contributed by atoms with Crippen molar-refractivity contribution in [2.75, 3.05) is 42.7 Å². The smallest absolute Gasteiger partial charge is 0.170 e. The number of benzene rings is 3. The number of aromatic nitrogens is 1. The zero-order chi connectivity index (χ0) is 22.5. The summed E-state index contributed by atoms with van der Waals surface area (Å²) in [7, 11) is 4.11. The van der Waals surface area contributed by atoms with E-state index < -0.39 is 0 Å². The van der Waals surface area contributed by atoms with Crippen molar-refractivity contribution < 1.29 is 0 Å². The molecule has 0 unspecified atom stereocenters. The SMILES string of the molecule is CN(C)c1ccc(NC(=S)NCCCNc2ccnc3cc(Cl)ccc23)c2ccccc12. The van der Waals surface area contributed by atoms with Gasteiger partial charge in [-0.1, -0.05) is 35.9 Å². The van der Waals surface area contributed by atoms with Crippen molar-refractivity contribution in [3.8, 4) is 0 Å². The van der Waals surface area contributed by atoms with Crippen molar-refractivity contribution >= 4 is 67.7 Å². The molecule has 32 heavy (non-hydrogen) atoms. The molecule has 3 N–H and O–H groups in total. The Balaban J connectivity index is 1.31. The van der Waals surface area contributed by atoms with E-state index in [-0.39, 0.29) is 0 Å². The van der Waals surface area contributed by atoms with E-state index in [1.54, 1.807) is 6.20 Å². The fourth-order valence-electron chi connectivity index (χ4n) is 3.74. The number of rotatable bonds is 7. The predicted octanol–water partition coefficient (Wildman–Crippen LogP) is 5.90. The number of hydrogen-bond acceptors (Lipinski definition) is 4. The molecule has 0 spiro atoms. The van der Waals surface area contributed by atoms with Crippen molar-refractivity contribution in [1.29, 1.82) is 0 Å². The first kappa shape index (κ1) is 22.1. The molecule has 7 heteroatoms. The van der Waals surface area contributed by atoms with Gasteiger partial charge in [-0.25, -0.2) is 0 Å². The quantitative estimate of drug-likeness (QED) is 0.234. The van der Waals surface area contributed by atoms with Crippen LogP contribution in [0.25, 0.3) is 21.7 Å². The monoisotopic (exact) mass is 463 g/mol. The lowest BCUT2D eigenvalue weighted by Crippen LogP contribution is -2.30. The van der Waals surface area contributed by atoms with Crippen LogP contribution in [0.5, 0.6) is 0 Å². The Labute approximate surface area is 198 Å². The molecule has 1 heterocycles. The molecule has 0 fully saturated rings. The summed E-state index contributed by atoms with van der Waals surface area (Å²) in [6.45, 7) is 1.58. The first-order chi connectivity index (χ1) is 15.5. The maximum Gasteiger partial charge on any atom is 0.170 e. The first-order valence-corrected chi connectivity index (χ1v) is 11.3. The second-order valence-corrected chi connectivity index (χ2v) is 8.60. The lowest BCUT2D eigenvalue weighted by Gasteiger charge is -2.18. The fraction of sp³-hybridized carbons (Fsp3) is 0.200. The molecule has 4 aromatic rings. The summed E-state index contributed by atoms with van der Waals surface area (Å²) >= 11 is 11.6. The highest BCUT2D eigenvalue weighted by atomic mass is 35.5. The lowest BCUT2D eigenvalue weighted by atomic mass is 10.1. The summed E-state index contributed by atoms with van der Waals surface area (Å²) in [5, 5.41) is 14.9. The molecule has 0 radical (unpaired) electrons. The molecule has 0 saturated heterocycles. The molecule has 5 nitrogen and oxygen atoms in total. The van der Waals surface area contributed by atoms with Crippen LogP contribution in [0.4, 0.5) is 17.1 Å². The summed E-state index contributed by atoms with van der Waals surface area (Å²) in [5.41, 5.74) is 4.13. The number of thiocarbonyl (C=S) groups is 1. The van der Waals surface area contributed by atoms with Gasteiger partial charge in [-0.2, -0.15) is 0 Å². The minimum absolute atomic E-state index is 0.622. The molecule has 0 aliphatic carbocycles. The summed E-state index contributed by atoms with van der Waals surface area (Å²) in [6, 6.07) is 20.3. The van der Waals surface area contributed by atoms with Crippen molar-refractivity contribution in [1.82, 2.24) is 10.3 Å². The summed E-state index contributed by atoms with van der Waals surface area (Å²) in [5.74, 6) is 0. The first-order valence-electron chi connectivity index (χ1n) is 10.5. The second-order valence-electron chi connectivity index (χ2n) is 7.75. The maximum atomic E-state index is 6.07. The number of nitrogens with zero attached hydrogens (tertiary/aromatic N) is 2. The van der Waals surface area contributed by atoms with Crippen LogP contribution in [-0.4, -0.2) is 37.3 Å². The molecule has 0 atom stereocenters. The Morgan fingerprint density at radius 2 is 1.75 bits per heavy atom. The lowest BCUT2D eigenvalue weighted by molar-refractivity contribution is 0.810. The van der Waals surface area contributed by atoms with Crippen LogP contribution < -0.4 is 20.9 Å². The van der Waals surface area contributed by atoms with Gasteiger partial charge in [0.1, 0.15) is 0 Å². The Morgan fingerprint density at radius 3 is 2.56 bits per heavy atom. The van der Waals surface area contributed by atoms with Crippen LogP contribution in [0.2, 0.25) is 5.02 Å². The van der Waals surface area contributed by atoms with Gasteiger partial charge in [-0.15, -0.1) is 0 Å². The van der Waals surface area contributed by atoms with E-state index in [1.165, 1.54) is 11.1 Å². The fourth-order valence-corrected chi connectivity index (χ4v) is 4.12. The third kappa shape index (κ3) is 5.03. The van der Waals surface area contributed by atoms with Gasteiger partial charge in [0.05, 0.1) is 5.52 Å². The number of nitrogens with one attached hydrogen (secondary N) is 3. The summed E-state index contributed by atoms with van der Waals surface area (Å²) < 4.78 is 0. The van der Waals surface area contributed by atoms with E-state index in [1.807, 2.05) is 30.3 Å². The van der Waals surface area contributed by atoms with Crippen LogP contribution in [0.15, 0.2) is 66.9 Å². The third-order valence-corrected chi connectivity index (χ3v) is 5.77. The van der Waals surface area contributed by atoms with E-state index in [4.69, 9.17) is 23.8 Å². The van der Waals surface area contributed by atoms with Crippen LogP contribution in [0.1, 0.15) is 6.42 Å². The molecular formula is C25H26ClN5S. The molecule has 0 bridgehead atoms. The van der Waals surface area contributed by atoms with Crippen LogP contribution in [-0.2, 0) is 0 Å². The van der Waals surface area contributed by atoms with E-state index in [2.05, 4.69) is 70.3 Å². The molecular weight excluding hydrogens is 438 g/mol. The topological polar surface area (TPSA) is 52.2 Å². The Kier molecular flexibility index (Phi) is 6.93. The van der Waals surface area contributed by atoms with E-state index in [0.717, 1.165) is 47.2 Å². The summed E-state index contributed by atoms with van der Waals surface area (Å²) in [6.07, 6.45) is 2.71. The number of fused-ring (bicyclic) bond motifs is 2.